The second kappa shape index (κ2) is 10.9. The van der Waals surface area contributed by atoms with Crippen molar-refractivity contribution in [2.45, 2.75) is 26.4 Å². The summed E-state index contributed by atoms with van der Waals surface area (Å²) in [5.41, 5.74) is 1.50. The molecular formula is C22H31N3O4S. The van der Waals surface area contributed by atoms with E-state index in [9.17, 15) is 13.2 Å². The van der Waals surface area contributed by atoms with Gasteiger partial charge in [-0.05, 0) is 44.5 Å². The van der Waals surface area contributed by atoms with Crippen LogP contribution >= 0.6 is 0 Å². The fraction of sp³-hybridized carbons (Fsp3) is 0.409. The molecule has 30 heavy (non-hydrogen) atoms. The maximum absolute atomic E-state index is 12.4. The zero-order valence-electron chi connectivity index (χ0n) is 18.0. The molecule has 8 heteroatoms. The lowest BCUT2D eigenvalue weighted by atomic mass is 10.3. The van der Waals surface area contributed by atoms with Crippen molar-refractivity contribution >= 4 is 27.3 Å². The van der Waals surface area contributed by atoms with Gasteiger partial charge in [0.1, 0.15) is 12.3 Å². The molecule has 0 saturated heterocycles. The van der Waals surface area contributed by atoms with Crippen molar-refractivity contribution in [3.8, 4) is 5.75 Å². The molecule has 2 aromatic carbocycles. The Hall–Kier alpha value is -2.74. The van der Waals surface area contributed by atoms with Crippen LogP contribution in [-0.2, 0) is 14.8 Å². The molecule has 0 spiro atoms. The van der Waals surface area contributed by atoms with E-state index in [4.69, 9.17) is 4.74 Å². The molecule has 0 bridgehead atoms. The van der Waals surface area contributed by atoms with Gasteiger partial charge in [0.05, 0.1) is 18.0 Å². The summed E-state index contributed by atoms with van der Waals surface area (Å²) in [4.78, 5) is 14.5. The van der Waals surface area contributed by atoms with Gasteiger partial charge in [0, 0.05) is 31.9 Å². The molecule has 0 saturated carbocycles. The highest BCUT2D eigenvalue weighted by atomic mass is 32.2. The van der Waals surface area contributed by atoms with E-state index in [2.05, 4.69) is 10.2 Å². The molecule has 0 fully saturated rings. The molecule has 1 N–H and O–H groups in total. The maximum Gasteiger partial charge on any atom is 0.240 e. The number of benzene rings is 2. The van der Waals surface area contributed by atoms with E-state index in [1.807, 2.05) is 51.2 Å². The van der Waals surface area contributed by atoms with Crippen LogP contribution in [0.2, 0.25) is 0 Å². The summed E-state index contributed by atoms with van der Waals surface area (Å²) >= 11 is 0. The Labute approximate surface area is 179 Å². The molecular weight excluding hydrogens is 402 g/mol. The lowest BCUT2D eigenvalue weighted by Gasteiger charge is -2.23. The average molecular weight is 434 g/mol. The largest absolute Gasteiger partial charge is 0.491 e. The molecule has 0 atom stereocenters. The first-order chi connectivity index (χ1) is 14.2. The van der Waals surface area contributed by atoms with Gasteiger partial charge in [0.25, 0.3) is 0 Å². The Morgan fingerprint density at radius 1 is 1.07 bits per heavy atom. The van der Waals surface area contributed by atoms with Gasteiger partial charge in [0.15, 0.2) is 0 Å². The first-order valence-corrected chi connectivity index (χ1v) is 11.8. The normalized spacial score (nSPS) is 11.2. The van der Waals surface area contributed by atoms with Gasteiger partial charge in [-0.2, -0.15) is 0 Å². The van der Waals surface area contributed by atoms with E-state index in [-0.39, 0.29) is 18.6 Å². The van der Waals surface area contributed by atoms with Crippen molar-refractivity contribution in [1.82, 2.24) is 5.32 Å². The van der Waals surface area contributed by atoms with E-state index in [0.29, 0.717) is 18.0 Å². The van der Waals surface area contributed by atoms with E-state index in [1.165, 1.54) is 0 Å². The zero-order chi connectivity index (χ0) is 22.1. The third-order valence-electron chi connectivity index (χ3n) is 4.35. The summed E-state index contributed by atoms with van der Waals surface area (Å²) < 4.78 is 31.3. The number of anilines is 2. The van der Waals surface area contributed by atoms with Crippen molar-refractivity contribution in [2.24, 2.45) is 0 Å². The second-order valence-electron chi connectivity index (χ2n) is 7.39. The van der Waals surface area contributed by atoms with Gasteiger partial charge in [-0.25, -0.2) is 8.42 Å². The molecule has 1 amide bonds. The van der Waals surface area contributed by atoms with Crippen molar-refractivity contribution in [3.05, 3.63) is 54.6 Å². The molecule has 0 aliphatic carbocycles. The zero-order valence-corrected chi connectivity index (χ0v) is 18.9. The number of hydrogen-bond donors (Lipinski definition) is 1. The van der Waals surface area contributed by atoms with Crippen LogP contribution in [0.25, 0.3) is 0 Å². The minimum atomic E-state index is -3.63. The second-order valence-corrected chi connectivity index (χ2v) is 9.30. The molecule has 7 nitrogen and oxygen atoms in total. The number of ether oxygens (including phenoxy) is 1. The fourth-order valence-corrected chi connectivity index (χ4v) is 3.77. The van der Waals surface area contributed by atoms with Crippen molar-refractivity contribution in [2.75, 3.05) is 42.1 Å². The number of amides is 1. The lowest BCUT2D eigenvalue weighted by Crippen LogP contribution is -2.41. The maximum atomic E-state index is 12.4. The van der Waals surface area contributed by atoms with Gasteiger partial charge >= 0.3 is 0 Å². The van der Waals surface area contributed by atoms with Crippen LogP contribution in [0.5, 0.6) is 5.75 Å². The molecule has 0 radical (unpaired) electrons. The third-order valence-corrected chi connectivity index (χ3v) is 5.49. The highest BCUT2D eigenvalue weighted by Gasteiger charge is 2.21. The minimum Gasteiger partial charge on any atom is -0.491 e. The van der Waals surface area contributed by atoms with Crippen LogP contribution < -0.4 is 19.3 Å². The quantitative estimate of drug-likeness (QED) is 0.551. The predicted octanol–water partition coefficient (Wildman–Crippen LogP) is 2.88. The van der Waals surface area contributed by atoms with Crippen LogP contribution in [0.4, 0.5) is 11.4 Å². The Morgan fingerprint density at radius 3 is 2.37 bits per heavy atom. The van der Waals surface area contributed by atoms with Gasteiger partial charge < -0.3 is 15.0 Å². The molecule has 0 aliphatic heterocycles. The number of nitrogens with one attached hydrogen (secondary N) is 1. The molecule has 164 valence electrons. The van der Waals surface area contributed by atoms with Gasteiger partial charge in [-0.3, -0.25) is 9.10 Å². The van der Waals surface area contributed by atoms with Crippen LogP contribution in [0, 0.1) is 0 Å². The van der Waals surface area contributed by atoms with Gasteiger partial charge in [0.2, 0.25) is 15.9 Å². The van der Waals surface area contributed by atoms with Crippen molar-refractivity contribution in [3.63, 3.8) is 0 Å². The van der Waals surface area contributed by atoms with Gasteiger partial charge in [-0.1, -0.05) is 24.3 Å². The van der Waals surface area contributed by atoms with E-state index in [1.54, 1.807) is 24.3 Å². The summed E-state index contributed by atoms with van der Waals surface area (Å²) in [6, 6.07) is 16.7. The number of rotatable bonds is 11. The molecule has 2 rings (SSSR count). The third kappa shape index (κ3) is 7.59. The lowest BCUT2D eigenvalue weighted by molar-refractivity contribution is -0.119. The number of sulfonamides is 1. The summed E-state index contributed by atoms with van der Waals surface area (Å²) in [6.45, 7) is 4.74. The predicted molar refractivity (Wildman–Crippen MR) is 122 cm³/mol. The van der Waals surface area contributed by atoms with Crippen LogP contribution in [0.1, 0.15) is 20.3 Å². The molecule has 2 aromatic rings. The smallest absolute Gasteiger partial charge is 0.240 e. The highest BCUT2D eigenvalue weighted by Crippen LogP contribution is 2.23. The fourth-order valence-electron chi connectivity index (χ4n) is 2.93. The summed E-state index contributed by atoms with van der Waals surface area (Å²) in [5.74, 6) is 0.207. The topological polar surface area (TPSA) is 79.0 Å². The Kier molecular flexibility index (Phi) is 8.53. The molecule has 0 unspecified atom stereocenters. The Balaban J connectivity index is 1.91. The van der Waals surface area contributed by atoms with Crippen LogP contribution in [0.15, 0.2) is 54.6 Å². The molecule has 0 heterocycles. The standard InChI is InChI=1S/C22H31N3O4S/c1-18(2)29-21-13-8-12-20(16-21)25(30(4,27)28)17-22(26)23-14-9-15-24(3)19-10-6-5-7-11-19/h5-8,10-13,16,18H,9,14-15,17H2,1-4H3,(H,23,26). The van der Waals surface area contributed by atoms with Crippen LogP contribution in [-0.4, -0.2) is 53.4 Å². The first-order valence-electron chi connectivity index (χ1n) is 9.94. The summed E-state index contributed by atoms with van der Waals surface area (Å²) in [5, 5.41) is 2.81. The van der Waals surface area contributed by atoms with Crippen LogP contribution in [0.3, 0.4) is 0 Å². The Bertz CT molecular complexity index is 917. The summed E-state index contributed by atoms with van der Waals surface area (Å²) in [7, 11) is -1.63. The first kappa shape index (κ1) is 23.5. The SMILES string of the molecule is CC(C)Oc1cccc(N(CC(=O)NCCCN(C)c2ccccc2)S(C)(=O)=O)c1. The highest BCUT2D eigenvalue weighted by molar-refractivity contribution is 7.92. The van der Waals surface area contributed by atoms with E-state index < -0.39 is 10.0 Å². The van der Waals surface area contributed by atoms with E-state index in [0.717, 1.165) is 29.2 Å². The average Bonchev–Trinajstić information content (AvgIpc) is 2.68. The minimum absolute atomic E-state index is 0.0377. The number of carbonyl (C=O) groups is 1. The van der Waals surface area contributed by atoms with Crippen molar-refractivity contribution < 1.29 is 17.9 Å². The number of hydrogen-bond acceptors (Lipinski definition) is 5. The van der Waals surface area contributed by atoms with Gasteiger partial charge in [-0.15, -0.1) is 0 Å². The van der Waals surface area contributed by atoms with Crippen molar-refractivity contribution in [1.29, 1.82) is 0 Å². The van der Waals surface area contributed by atoms with E-state index >= 15 is 0 Å². The number of nitrogens with zero attached hydrogens (tertiary/aromatic N) is 2. The molecule has 0 aromatic heterocycles. The Morgan fingerprint density at radius 2 is 1.73 bits per heavy atom. The molecule has 0 aliphatic rings. The number of para-hydroxylation sites is 1. The monoisotopic (exact) mass is 433 g/mol. The summed E-state index contributed by atoms with van der Waals surface area (Å²) in [6.07, 6.45) is 1.79. The number of carbonyl (C=O) groups excluding carboxylic acids is 1.